The first-order valence-corrected chi connectivity index (χ1v) is 6.62. The quantitative estimate of drug-likeness (QED) is 0.784. The molecule has 1 unspecified atom stereocenters. The molecule has 0 spiro atoms. The fourth-order valence-electron chi connectivity index (χ4n) is 1.80. The van der Waals surface area contributed by atoms with E-state index in [-0.39, 0.29) is 11.9 Å². The first kappa shape index (κ1) is 15.4. The van der Waals surface area contributed by atoms with E-state index in [0.29, 0.717) is 22.7 Å². The molecule has 1 aromatic carbocycles. The third-order valence-electron chi connectivity index (χ3n) is 2.88. The number of aryl methyl sites for hydroxylation is 1. The average Bonchev–Trinajstić information content (AvgIpc) is 2.37. The smallest absolute Gasteiger partial charge is 0.255 e. The number of carbonyl (C=O) groups is 1. The third kappa shape index (κ3) is 4.52. The lowest BCUT2D eigenvalue weighted by molar-refractivity contribution is 0.0934. The Morgan fingerprint density at radius 1 is 1.53 bits per heavy atom. The third-order valence-corrected chi connectivity index (χ3v) is 3.04. The molecule has 0 aromatic heterocycles. The molecular weight excluding hydrogens is 260 g/mol. The summed E-state index contributed by atoms with van der Waals surface area (Å²) in [4.78, 5) is 12.7. The van der Waals surface area contributed by atoms with Crippen LogP contribution in [-0.4, -0.2) is 24.0 Å². The second-order valence-electron chi connectivity index (χ2n) is 4.45. The van der Waals surface area contributed by atoms with E-state index in [1.807, 2.05) is 26.0 Å². The topological polar surface area (TPSA) is 64.3 Å². The Hall–Kier alpha value is -1.62. The summed E-state index contributed by atoms with van der Waals surface area (Å²) in [6.45, 7) is 3.92. The minimum Gasteiger partial charge on any atom is -0.496 e. The van der Waals surface area contributed by atoms with E-state index in [0.717, 1.165) is 12.0 Å². The van der Waals surface area contributed by atoms with E-state index in [1.54, 1.807) is 13.2 Å². The molecule has 0 fully saturated rings. The number of ether oxygens (including phenoxy) is 1. The Labute approximate surface area is 119 Å². The van der Waals surface area contributed by atoms with Gasteiger partial charge >= 0.3 is 0 Å². The van der Waals surface area contributed by atoms with E-state index in [9.17, 15) is 4.79 Å². The van der Waals surface area contributed by atoms with Crippen LogP contribution in [0.5, 0.6) is 5.75 Å². The highest BCUT2D eigenvalue weighted by Gasteiger charge is 2.16. The van der Waals surface area contributed by atoms with Gasteiger partial charge in [0.15, 0.2) is 0 Å². The number of hydrogen-bond donors (Lipinski definition) is 2. The molecule has 0 aliphatic heterocycles. The molecule has 5 heteroatoms. The Kier molecular flexibility index (Phi) is 5.76. The van der Waals surface area contributed by atoms with Crippen molar-refractivity contribution >= 4 is 23.1 Å². The lowest BCUT2D eigenvalue weighted by Crippen LogP contribution is -2.37. The van der Waals surface area contributed by atoms with Gasteiger partial charge in [-0.05, 0) is 25.5 Å². The van der Waals surface area contributed by atoms with Crippen molar-refractivity contribution in [3.05, 3.63) is 29.3 Å². The monoisotopic (exact) mass is 280 g/mol. The first-order valence-electron chi connectivity index (χ1n) is 6.21. The minimum absolute atomic E-state index is 0.0461. The van der Waals surface area contributed by atoms with Gasteiger partial charge in [-0.25, -0.2) is 0 Å². The normalized spacial score (nSPS) is 11.7. The van der Waals surface area contributed by atoms with Gasteiger partial charge in [-0.3, -0.25) is 4.79 Å². The van der Waals surface area contributed by atoms with Crippen molar-refractivity contribution in [1.29, 1.82) is 0 Å². The van der Waals surface area contributed by atoms with Gasteiger partial charge in [0.1, 0.15) is 5.75 Å². The van der Waals surface area contributed by atoms with Crippen LogP contribution in [0.25, 0.3) is 0 Å². The highest BCUT2D eigenvalue weighted by molar-refractivity contribution is 7.80. The molecule has 0 saturated heterocycles. The molecule has 1 aromatic rings. The molecular formula is C14H20N2O2S. The maximum Gasteiger partial charge on any atom is 0.255 e. The van der Waals surface area contributed by atoms with Crippen molar-refractivity contribution in [2.45, 2.75) is 32.7 Å². The highest BCUT2D eigenvalue weighted by Crippen LogP contribution is 2.19. The second kappa shape index (κ2) is 7.09. The number of amides is 1. The van der Waals surface area contributed by atoms with Crippen molar-refractivity contribution in [2.75, 3.05) is 7.11 Å². The van der Waals surface area contributed by atoms with Crippen molar-refractivity contribution in [3.63, 3.8) is 0 Å². The number of thiocarbonyl (C=S) groups is 1. The summed E-state index contributed by atoms with van der Waals surface area (Å²) in [6, 6.07) is 5.46. The van der Waals surface area contributed by atoms with E-state index in [2.05, 4.69) is 5.32 Å². The lowest BCUT2D eigenvalue weighted by atomic mass is 10.1. The zero-order valence-corrected chi connectivity index (χ0v) is 12.3. The summed E-state index contributed by atoms with van der Waals surface area (Å²) >= 11 is 4.88. The van der Waals surface area contributed by atoms with Crippen LogP contribution >= 0.6 is 12.2 Å². The van der Waals surface area contributed by atoms with Crippen LogP contribution < -0.4 is 15.8 Å². The zero-order valence-electron chi connectivity index (χ0n) is 11.5. The number of methoxy groups -OCH3 is 1. The van der Waals surface area contributed by atoms with Crippen LogP contribution in [0.2, 0.25) is 0 Å². The number of carbonyl (C=O) groups excluding carboxylic acids is 1. The van der Waals surface area contributed by atoms with Gasteiger partial charge in [0.2, 0.25) is 0 Å². The van der Waals surface area contributed by atoms with E-state index >= 15 is 0 Å². The Morgan fingerprint density at radius 3 is 2.74 bits per heavy atom. The molecule has 104 valence electrons. The minimum atomic E-state index is -0.163. The number of rotatable bonds is 6. The van der Waals surface area contributed by atoms with E-state index in [1.165, 1.54) is 0 Å². The molecule has 0 saturated carbocycles. The fraction of sp³-hybridized carbons (Fsp3) is 0.429. The Morgan fingerprint density at radius 2 is 2.21 bits per heavy atom. The molecule has 0 aliphatic carbocycles. The van der Waals surface area contributed by atoms with Crippen molar-refractivity contribution in [2.24, 2.45) is 5.73 Å². The molecule has 19 heavy (non-hydrogen) atoms. The van der Waals surface area contributed by atoms with Gasteiger partial charge < -0.3 is 15.8 Å². The van der Waals surface area contributed by atoms with Gasteiger partial charge in [0.25, 0.3) is 5.91 Å². The number of hydrogen-bond acceptors (Lipinski definition) is 3. The maximum absolute atomic E-state index is 12.3. The summed E-state index contributed by atoms with van der Waals surface area (Å²) in [5.41, 5.74) is 7.06. The molecule has 0 heterocycles. The van der Waals surface area contributed by atoms with Crippen LogP contribution in [-0.2, 0) is 0 Å². The Balaban J connectivity index is 2.87. The zero-order chi connectivity index (χ0) is 14.4. The standard InChI is InChI=1S/C14H20N2O2S/c1-4-10(8-13(15)19)16-14(17)11-7-9(2)5-6-12(11)18-3/h5-7,10H,4,8H2,1-3H3,(H2,15,19)(H,16,17). The van der Waals surface area contributed by atoms with Crippen molar-refractivity contribution in [1.82, 2.24) is 5.32 Å². The molecule has 4 nitrogen and oxygen atoms in total. The summed E-state index contributed by atoms with van der Waals surface area (Å²) in [5.74, 6) is 0.400. The van der Waals surface area contributed by atoms with Crippen LogP contribution in [0.1, 0.15) is 35.7 Å². The van der Waals surface area contributed by atoms with E-state index < -0.39 is 0 Å². The average molecular weight is 280 g/mol. The molecule has 0 radical (unpaired) electrons. The van der Waals surface area contributed by atoms with Gasteiger partial charge in [0, 0.05) is 12.5 Å². The number of nitrogens with two attached hydrogens (primary N) is 1. The number of benzene rings is 1. The van der Waals surface area contributed by atoms with E-state index in [4.69, 9.17) is 22.7 Å². The molecule has 1 rings (SSSR count). The van der Waals surface area contributed by atoms with Gasteiger partial charge in [-0.15, -0.1) is 0 Å². The second-order valence-corrected chi connectivity index (χ2v) is 4.98. The predicted octanol–water partition coefficient (Wildman–Crippen LogP) is 2.19. The fourth-order valence-corrected chi connectivity index (χ4v) is 2.00. The van der Waals surface area contributed by atoms with Gasteiger partial charge in [-0.2, -0.15) is 0 Å². The molecule has 1 amide bonds. The Bertz CT molecular complexity index is 475. The maximum atomic E-state index is 12.3. The lowest BCUT2D eigenvalue weighted by Gasteiger charge is -2.17. The van der Waals surface area contributed by atoms with Crippen molar-refractivity contribution < 1.29 is 9.53 Å². The SMILES string of the molecule is CCC(CC(N)=S)NC(=O)c1cc(C)ccc1OC. The first-order chi connectivity index (χ1) is 8.97. The highest BCUT2D eigenvalue weighted by atomic mass is 32.1. The summed E-state index contributed by atoms with van der Waals surface area (Å²) < 4.78 is 5.21. The summed E-state index contributed by atoms with van der Waals surface area (Å²) in [7, 11) is 1.55. The molecule has 0 bridgehead atoms. The number of nitrogens with one attached hydrogen (secondary N) is 1. The predicted molar refractivity (Wildman–Crippen MR) is 80.7 cm³/mol. The van der Waals surface area contributed by atoms with Crippen molar-refractivity contribution in [3.8, 4) is 5.75 Å². The van der Waals surface area contributed by atoms with Crippen LogP contribution in [0.3, 0.4) is 0 Å². The molecule has 1 atom stereocenters. The van der Waals surface area contributed by atoms with Gasteiger partial charge in [-0.1, -0.05) is 30.8 Å². The van der Waals surface area contributed by atoms with Crippen LogP contribution in [0, 0.1) is 6.92 Å². The van der Waals surface area contributed by atoms with Crippen LogP contribution in [0.15, 0.2) is 18.2 Å². The molecule has 0 aliphatic rings. The summed E-state index contributed by atoms with van der Waals surface area (Å²) in [5, 5.41) is 2.93. The molecule has 3 N–H and O–H groups in total. The summed E-state index contributed by atoms with van der Waals surface area (Å²) in [6.07, 6.45) is 1.28. The largest absolute Gasteiger partial charge is 0.496 e. The van der Waals surface area contributed by atoms with Crippen LogP contribution in [0.4, 0.5) is 0 Å². The van der Waals surface area contributed by atoms with Gasteiger partial charge in [0.05, 0.1) is 17.7 Å².